The van der Waals surface area contributed by atoms with E-state index in [0.717, 1.165) is 29.2 Å². The lowest BCUT2D eigenvalue weighted by molar-refractivity contribution is 0.0881. The molecule has 2 nitrogen and oxygen atoms in total. The van der Waals surface area contributed by atoms with Gasteiger partial charge in [0.15, 0.2) is 0 Å². The average molecular weight is 439 g/mol. The van der Waals surface area contributed by atoms with Crippen molar-refractivity contribution in [3.8, 4) is 16.9 Å². The second-order valence-electron chi connectivity index (χ2n) is 7.87. The average Bonchev–Trinajstić information content (AvgIpc) is 2.82. The number of rotatable bonds is 15. The van der Waals surface area contributed by atoms with E-state index in [0.29, 0.717) is 0 Å². The lowest BCUT2D eigenvalue weighted by atomic mass is 10.1. The van der Waals surface area contributed by atoms with E-state index in [2.05, 4.69) is 30.2 Å². The number of thioether (sulfide) groups is 1. The molecular formula is C28H38O2S. The summed E-state index contributed by atoms with van der Waals surface area (Å²) in [5, 5.41) is 3.23. The molecule has 0 radical (unpaired) electrons. The number of unbranched alkanes of at least 4 members (excludes halogenated alkanes) is 9. The van der Waals surface area contributed by atoms with E-state index in [4.69, 9.17) is 9.47 Å². The van der Waals surface area contributed by atoms with Crippen LogP contribution in [0.15, 0.2) is 59.5 Å². The Morgan fingerprint density at radius 2 is 1.39 bits per heavy atom. The van der Waals surface area contributed by atoms with E-state index < -0.39 is 0 Å². The van der Waals surface area contributed by atoms with Crippen molar-refractivity contribution in [1.29, 1.82) is 0 Å². The Kier molecular flexibility index (Phi) is 13.7. The van der Waals surface area contributed by atoms with E-state index in [1.165, 1.54) is 57.8 Å². The summed E-state index contributed by atoms with van der Waals surface area (Å²) in [6, 6.07) is 18.3. The fourth-order valence-electron chi connectivity index (χ4n) is 3.42. The topological polar surface area (TPSA) is 18.5 Å². The Morgan fingerprint density at radius 1 is 0.774 bits per heavy atom. The molecule has 0 fully saturated rings. The van der Waals surface area contributed by atoms with Gasteiger partial charge in [-0.3, -0.25) is 0 Å². The molecule has 31 heavy (non-hydrogen) atoms. The number of methoxy groups -OCH3 is 1. The lowest BCUT2D eigenvalue weighted by Gasteiger charge is -2.13. The molecule has 0 aliphatic heterocycles. The molecule has 0 saturated carbocycles. The first-order valence-corrected chi connectivity index (χ1v) is 12.6. The van der Waals surface area contributed by atoms with E-state index in [1.54, 1.807) is 18.9 Å². The largest absolute Gasteiger partial charge is 0.497 e. The summed E-state index contributed by atoms with van der Waals surface area (Å²) in [5.74, 6) is 4.16. The van der Waals surface area contributed by atoms with Crippen LogP contribution in [-0.2, 0) is 4.74 Å². The number of hydrogen-bond donors (Lipinski definition) is 0. The summed E-state index contributed by atoms with van der Waals surface area (Å²) in [5.41, 5.74) is 1.08. The molecule has 0 saturated heterocycles. The van der Waals surface area contributed by atoms with Crippen molar-refractivity contribution in [2.45, 2.75) is 82.1 Å². The van der Waals surface area contributed by atoms with Crippen LogP contribution < -0.4 is 4.74 Å². The van der Waals surface area contributed by atoms with Gasteiger partial charge in [-0.2, -0.15) is 0 Å². The maximum Gasteiger partial charge on any atom is 0.144 e. The van der Waals surface area contributed by atoms with Crippen LogP contribution in [-0.4, -0.2) is 13.7 Å². The van der Waals surface area contributed by atoms with Crippen LogP contribution in [0.2, 0.25) is 0 Å². The van der Waals surface area contributed by atoms with Gasteiger partial charge in [0, 0.05) is 11.5 Å². The Balaban J connectivity index is 1.74. The molecule has 3 heteroatoms. The molecule has 0 aliphatic rings. The van der Waals surface area contributed by atoms with Gasteiger partial charge in [-0.1, -0.05) is 101 Å². The van der Waals surface area contributed by atoms with Gasteiger partial charge in [0.1, 0.15) is 11.9 Å². The van der Waals surface area contributed by atoms with E-state index in [-0.39, 0.29) is 6.10 Å². The lowest BCUT2D eigenvalue weighted by Crippen LogP contribution is -2.04. The zero-order chi connectivity index (χ0) is 22.0. The van der Waals surface area contributed by atoms with Crippen molar-refractivity contribution in [2.24, 2.45) is 0 Å². The molecule has 0 bridgehead atoms. The number of ether oxygens (including phenoxy) is 2. The third kappa shape index (κ3) is 11.3. The summed E-state index contributed by atoms with van der Waals surface area (Å²) in [6.45, 7) is 3.02. The summed E-state index contributed by atoms with van der Waals surface area (Å²) >= 11 is 1.54. The quantitative estimate of drug-likeness (QED) is 0.158. The summed E-state index contributed by atoms with van der Waals surface area (Å²) in [7, 11) is 1.69. The van der Waals surface area contributed by atoms with E-state index >= 15 is 0 Å². The molecule has 0 amide bonds. The van der Waals surface area contributed by atoms with Gasteiger partial charge in [0.25, 0.3) is 0 Å². The fraction of sp³-hybridized carbons (Fsp3) is 0.500. The minimum absolute atomic E-state index is 0.208. The van der Waals surface area contributed by atoms with Gasteiger partial charge < -0.3 is 9.47 Å². The standard InChI is InChI=1S/C28H38O2S/c1-3-4-5-6-7-8-9-10-11-15-23-30-28(25-18-20-26(29-2)21-19-25)22-24-31-27-16-13-12-14-17-27/h12-14,16-21,28H,3-11,15,23H2,1-2H3. The van der Waals surface area contributed by atoms with Crippen LogP contribution in [0.1, 0.15) is 82.8 Å². The highest BCUT2D eigenvalue weighted by atomic mass is 32.2. The maximum atomic E-state index is 6.18. The van der Waals surface area contributed by atoms with Crippen molar-refractivity contribution in [2.75, 3.05) is 13.7 Å². The highest BCUT2D eigenvalue weighted by Gasteiger charge is 2.09. The van der Waals surface area contributed by atoms with Crippen molar-refractivity contribution in [1.82, 2.24) is 0 Å². The van der Waals surface area contributed by atoms with Crippen LogP contribution in [0.25, 0.3) is 0 Å². The van der Waals surface area contributed by atoms with Gasteiger partial charge in [-0.15, -0.1) is 0 Å². The summed E-state index contributed by atoms with van der Waals surface area (Å²) in [6.07, 6.45) is 13.1. The highest BCUT2D eigenvalue weighted by molar-refractivity contribution is 8.03. The minimum atomic E-state index is -0.208. The minimum Gasteiger partial charge on any atom is -0.497 e. The van der Waals surface area contributed by atoms with Gasteiger partial charge in [0.05, 0.1) is 7.11 Å². The molecule has 1 unspecified atom stereocenters. The SMILES string of the molecule is CCCCCCCCCCCCOC(C#CSc1ccccc1)c1ccc(OC)cc1. The molecule has 0 heterocycles. The number of hydrogen-bond acceptors (Lipinski definition) is 3. The van der Waals surface area contributed by atoms with Crippen molar-refractivity contribution < 1.29 is 9.47 Å². The third-order valence-electron chi connectivity index (χ3n) is 5.30. The van der Waals surface area contributed by atoms with Crippen LogP contribution in [0.5, 0.6) is 5.75 Å². The molecule has 1 atom stereocenters. The first kappa shape index (κ1) is 25.4. The second kappa shape index (κ2) is 16.8. The van der Waals surface area contributed by atoms with Crippen molar-refractivity contribution in [3.05, 3.63) is 60.2 Å². The third-order valence-corrected chi connectivity index (χ3v) is 6.03. The molecule has 2 aromatic rings. The van der Waals surface area contributed by atoms with Crippen LogP contribution >= 0.6 is 11.8 Å². The van der Waals surface area contributed by atoms with Gasteiger partial charge in [-0.05, 0) is 53.3 Å². The Morgan fingerprint density at radius 3 is 2.00 bits per heavy atom. The van der Waals surface area contributed by atoms with E-state index in [1.807, 2.05) is 42.5 Å². The molecule has 0 aliphatic carbocycles. The Bertz CT molecular complexity index is 746. The molecule has 0 aromatic heterocycles. The molecule has 168 valence electrons. The monoisotopic (exact) mass is 438 g/mol. The van der Waals surface area contributed by atoms with Gasteiger partial charge >= 0.3 is 0 Å². The van der Waals surface area contributed by atoms with Crippen molar-refractivity contribution >= 4 is 11.8 Å². The van der Waals surface area contributed by atoms with Gasteiger partial charge in [-0.25, -0.2) is 0 Å². The molecule has 2 rings (SSSR count). The first-order chi connectivity index (χ1) is 15.3. The molecular weight excluding hydrogens is 400 g/mol. The normalized spacial score (nSPS) is 11.5. The predicted octanol–water partition coefficient (Wildman–Crippen LogP) is 8.43. The number of benzene rings is 2. The van der Waals surface area contributed by atoms with Crippen LogP contribution in [0.3, 0.4) is 0 Å². The molecule has 0 spiro atoms. The highest BCUT2D eigenvalue weighted by Crippen LogP contribution is 2.22. The zero-order valence-electron chi connectivity index (χ0n) is 19.3. The summed E-state index contributed by atoms with van der Waals surface area (Å²) in [4.78, 5) is 1.15. The van der Waals surface area contributed by atoms with Crippen LogP contribution in [0, 0.1) is 11.2 Å². The molecule has 0 N–H and O–H groups in total. The fourth-order valence-corrected chi connectivity index (χ4v) is 4.00. The predicted molar refractivity (Wildman–Crippen MR) is 134 cm³/mol. The maximum absolute atomic E-state index is 6.18. The van der Waals surface area contributed by atoms with Crippen molar-refractivity contribution in [3.63, 3.8) is 0 Å². The zero-order valence-corrected chi connectivity index (χ0v) is 20.1. The second-order valence-corrected chi connectivity index (χ2v) is 8.75. The Hall–Kier alpha value is -1.89. The first-order valence-electron chi connectivity index (χ1n) is 11.8. The smallest absolute Gasteiger partial charge is 0.144 e. The Labute approximate surface area is 194 Å². The van der Waals surface area contributed by atoms with Gasteiger partial charge in [0.2, 0.25) is 0 Å². The molecule has 2 aromatic carbocycles. The van der Waals surface area contributed by atoms with Crippen LogP contribution in [0.4, 0.5) is 0 Å². The summed E-state index contributed by atoms with van der Waals surface area (Å²) < 4.78 is 11.5. The van der Waals surface area contributed by atoms with E-state index in [9.17, 15) is 0 Å².